The average molecular weight is 525 g/mol. The van der Waals surface area contributed by atoms with Crippen LogP contribution in [0.4, 0.5) is 10.6 Å². The monoisotopic (exact) mass is 524 g/mol. The summed E-state index contributed by atoms with van der Waals surface area (Å²) in [5.41, 5.74) is 12.4. The predicted molar refractivity (Wildman–Crippen MR) is 147 cm³/mol. The Balaban J connectivity index is 1.37. The molecule has 206 valence electrons. The Morgan fingerprint density at radius 1 is 1.08 bits per heavy atom. The molecule has 2 saturated heterocycles. The minimum absolute atomic E-state index is 0.134. The van der Waals surface area contributed by atoms with Crippen LogP contribution in [0.2, 0.25) is 0 Å². The van der Waals surface area contributed by atoms with E-state index in [-0.39, 0.29) is 23.8 Å². The standard InChI is InChI=1S/C27H40N8O3/c1-4-21-18-33(24(36)27(2,3)29)15-16-35(21)26(38)31-23-11-14-34(25(37)30-23)22-7-5-19(6-8-22)17-32-12-9-20(28)10-13-32/h5-8,11,14,20-21H,4,9-10,12-13,15-18,28-29H2,1-3H3,(H,30,31,37,38)/t21-/m0/s1. The number of piperidine rings is 1. The van der Waals surface area contributed by atoms with Gasteiger partial charge in [-0.25, -0.2) is 9.59 Å². The highest BCUT2D eigenvalue weighted by Gasteiger charge is 2.35. The van der Waals surface area contributed by atoms with Crippen molar-refractivity contribution >= 4 is 17.8 Å². The van der Waals surface area contributed by atoms with Crippen molar-refractivity contribution in [3.05, 3.63) is 52.6 Å². The van der Waals surface area contributed by atoms with E-state index in [9.17, 15) is 14.4 Å². The molecule has 1 aromatic heterocycles. The Hall–Kier alpha value is -3.28. The number of hydrogen-bond acceptors (Lipinski definition) is 7. The summed E-state index contributed by atoms with van der Waals surface area (Å²) in [4.78, 5) is 48.3. The number of urea groups is 1. The lowest BCUT2D eigenvalue weighted by atomic mass is 10.0. The van der Waals surface area contributed by atoms with Crippen molar-refractivity contribution in [1.29, 1.82) is 0 Å². The van der Waals surface area contributed by atoms with Crippen molar-refractivity contribution in [3.8, 4) is 5.69 Å². The zero-order valence-corrected chi connectivity index (χ0v) is 22.6. The number of carbonyl (C=O) groups excluding carboxylic acids is 2. The zero-order chi connectivity index (χ0) is 27.4. The lowest BCUT2D eigenvalue weighted by molar-refractivity contribution is -0.138. The highest BCUT2D eigenvalue weighted by atomic mass is 16.2. The number of rotatable bonds is 6. The molecule has 2 aliphatic heterocycles. The number of hydrogen-bond donors (Lipinski definition) is 3. The number of nitrogens with one attached hydrogen (secondary N) is 1. The third kappa shape index (κ3) is 6.58. The molecule has 38 heavy (non-hydrogen) atoms. The minimum atomic E-state index is -0.959. The van der Waals surface area contributed by atoms with Gasteiger partial charge in [-0.05, 0) is 70.0 Å². The molecule has 5 N–H and O–H groups in total. The number of anilines is 1. The van der Waals surface area contributed by atoms with Crippen LogP contribution < -0.4 is 22.5 Å². The first-order valence-corrected chi connectivity index (χ1v) is 13.4. The molecule has 11 heteroatoms. The van der Waals surface area contributed by atoms with Gasteiger partial charge in [0.25, 0.3) is 0 Å². The minimum Gasteiger partial charge on any atom is -0.337 e. The molecule has 3 heterocycles. The smallest absolute Gasteiger partial charge is 0.337 e. The van der Waals surface area contributed by atoms with Crippen molar-refractivity contribution in [1.82, 2.24) is 24.3 Å². The van der Waals surface area contributed by atoms with E-state index in [2.05, 4.69) is 15.2 Å². The Morgan fingerprint density at radius 3 is 2.37 bits per heavy atom. The fourth-order valence-corrected chi connectivity index (χ4v) is 5.05. The van der Waals surface area contributed by atoms with Gasteiger partial charge in [0.15, 0.2) is 0 Å². The Morgan fingerprint density at radius 2 is 1.76 bits per heavy atom. The van der Waals surface area contributed by atoms with Crippen LogP contribution in [-0.2, 0) is 11.3 Å². The number of likely N-dealkylation sites (tertiary alicyclic amines) is 1. The van der Waals surface area contributed by atoms with E-state index in [4.69, 9.17) is 11.5 Å². The summed E-state index contributed by atoms with van der Waals surface area (Å²) in [6, 6.07) is 9.27. The van der Waals surface area contributed by atoms with E-state index in [0.717, 1.165) is 32.5 Å². The number of nitrogens with two attached hydrogens (primary N) is 2. The maximum absolute atomic E-state index is 13.0. The van der Waals surface area contributed by atoms with Crippen molar-refractivity contribution in [3.63, 3.8) is 0 Å². The number of nitrogens with zero attached hydrogens (tertiary/aromatic N) is 5. The molecule has 2 aromatic rings. The summed E-state index contributed by atoms with van der Waals surface area (Å²) in [5, 5.41) is 2.75. The van der Waals surface area contributed by atoms with Gasteiger partial charge in [0.2, 0.25) is 5.91 Å². The highest BCUT2D eigenvalue weighted by molar-refractivity contribution is 5.89. The summed E-state index contributed by atoms with van der Waals surface area (Å²) in [6.45, 7) is 9.39. The highest BCUT2D eigenvalue weighted by Crippen LogP contribution is 2.18. The van der Waals surface area contributed by atoms with Crippen LogP contribution in [0.25, 0.3) is 5.69 Å². The van der Waals surface area contributed by atoms with Crippen molar-refractivity contribution in [2.24, 2.45) is 11.5 Å². The molecule has 3 amide bonds. The molecular formula is C27H40N8O3. The average Bonchev–Trinajstić information content (AvgIpc) is 2.89. The molecule has 0 aliphatic carbocycles. The van der Waals surface area contributed by atoms with Gasteiger partial charge in [-0.1, -0.05) is 19.1 Å². The van der Waals surface area contributed by atoms with Gasteiger partial charge >= 0.3 is 11.7 Å². The molecule has 0 saturated carbocycles. The van der Waals surface area contributed by atoms with Gasteiger partial charge in [0.1, 0.15) is 5.82 Å². The van der Waals surface area contributed by atoms with E-state index in [1.807, 2.05) is 31.2 Å². The molecule has 0 bridgehead atoms. The van der Waals surface area contributed by atoms with Crippen molar-refractivity contribution in [2.45, 2.75) is 64.2 Å². The quantitative estimate of drug-likeness (QED) is 0.518. The van der Waals surface area contributed by atoms with E-state index in [1.54, 1.807) is 35.9 Å². The fourth-order valence-electron chi connectivity index (χ4n) is 5.05. The molecule has 0 radical (unpaired) electrons. The number of aromatic nitrogens is 2. The van der Waals surface area contributed by atoms with Gasteiger partial charge in [0.05, 0.1) is 17.3 Å². The lowest BCUT2D eigenvalue weighted by Crippen LogP contribution is -2.61. The van der Waals surface area contributed by atoms with E-state index in [1.165, 1.54) is 10.1 Å². The van der Waals surface area contributed by atoms with E-state index >= 15 is 0 Å². The normalized spacial score (nSPS) is 19.4. The van der Waals surface area contributed by atoms with Crippen molar-refractivity contribution < 1.29 is 9.59 Å². The zero-order valence-electron chi connectivity index (χ0n) is 22.6. The molecule has 11 nitrogen and oxygen atoms in total. The second-order valence-corrected chi connectivity index (χ2v) is 10.9. The predicted octanol–water partition coefficient (Wildman–Crippen LogP) is 1.35. The molecule has 2 aliphatic rings. The summed E-state index contributed by atoms with van der Waals surface area (Å²) >= 11 is 0. The Kier molecular flexibility index (Phi) is 8.49. The molecule has 1 atom stereocenters. The lowest BCUT2D eigenvalue weighted by Gasteiger charge is -2.42. The van der Waals surface area contributed by atoms with Gasteiger partial charge < -0.3 is 21.3 Å². The largest absolute Gasteiger partial charge is 0.354 e. The Bertz CT molecular complexity index is 1180. The number of carbonyl (C=O) groups is 2. The number of benzene rings is 1. The van der Waals surface area contributed by atoms with Crippen LogP contribution in [0.15, 0.2) is 41.3 Å². The summed E-state index contributed by atoms with van der Waals surface area (Å²) in [6.07, 6.45) is 4.33. The van der Waals surface area contributed by atoms with E-state index < -0.39 is 11.2 Å². The van der Waals surface area contributed by atoms with Crippen LogP contribution in [0, 0.1) is 0 Å². The van der Waals surface area contributed by atoms with E-state index in [0.29, 0.717) is 37.8 Å². The van der Waals surface area contributed by atoms with Gasteiger partial charge in [0, 0.05) is 38.4 Å². The first kappa shape index (κ1) is 27.7. The van der Waals surface area contributed by atoms with Crippen LogP contribution in [0.1, 0.15) is 45.6 Å². The second-order valence-electron chi connectivity index (χ2n) is 10.9. The first-order chi connectivity index (χ1) is 18.0. The molecular weight excluding hydrogens is 484 g/mol. The first-order valence-electron chi connectivity index (χ1n) is 13.4. The van der Waals surface area contributed by atoms with Crippen molar-refractivity contribution in [2.75, 3.05) is 38.0 Å². The summed E-state index contributed by atoms with van der Waals surface area (Å²) < 4.78 is 1.45. The third-order valence-corrected chi connectivity index (χ3v) is 7.34. The van der Waals surface area contributed by atoms with Gasteiger partial charge in [-0.2, -0.15) is 4.98 Å². The van der Waals surface area contributed by atoms with Gasteiger partial charge in [-0.15, -0.1) is 0 Å². The SMILES string of the molecule is CC[C@H]1CN(C(=O)C(C)(C)N)CCN1C(=O)Nc1ccn(-c2ccc(CN3CCC(N)CC3)cc2)c(=O)n1. The van der Waals surface area contributed by atoms with Crippen LogP contribution in [-0.4, -0.2) is 86.5 Å². The molecule has 1 aromatic carbocycles. The second kappa shape index (κ2) is 11.6. The van der Waals surface area contributed by atoms with Crippen LogP contribution in [0.3, 0.4) is 0 Å². The Labute approximate surface area is 223 Å². The van der Waals surface area contributed by atoms with Crippen LogP contribution in [0.5, 0.6) is 0 Å². The maximum atomic E-state index is 13.0. The molecule has 0 unspecified atom stereocenters. The molecule has 0 spiro atoms. The molecule has 4 rings (SSSR count). The summed E-state index contributed by atoms with van der Waals surface area (Å²) in [7, 11) is 0. The number of amides is 3. The van der Waals surface area contributed by atoms with Crippen LogP contribution >= 0.6 is 0 Å². The maximum Gasteiger partial charge on any atom is 0.354 e. The topological polar surface area (TPSA) is 143 Å². The fraction of sp³-hybridized carbons (Fsp3) is 0.556. The third-order valence-electron chi connectivity index (χ3n) is 7.34. The number of piperazine rings is 1. The van der Waals surface area contributed by atoms with Gasteiger partial charge in [-0.3, -0.25) is 19.6 Å². The summed E-state index contributed by atoms with van der Waals surface area (Å²) in [5.74, 6) is 0.0539. The molecule has 2 fully saturated rings.